The van der Waals surface area contributed by atoms with Crippen LogP contribution in [0.4, 0.5) is 0 Å². The first-order chi connectivity index (χ1) is 19.5. The molecule has 0 radical (unpaired) electrons. The number of rotatable bonds is 7. The van der Waals surface area contributed by atoms with Crippen molar-refractivity contribution in [2.45, 2.75) is 60.3 Å². The molecule has 3 aromatic rings. The molecular weight excluding hydrogens is 631 g/mol. The Morgan fingerprint density at radius 2 is 1.43 bits per heavy atom. The van der Waals surface area contributed by atoms with Crippen molar-refractivity contribution in [2.75, 3.05) is 0 Å². The smallest absolute Gasteiger partial charge is 1.00 e. The number of fused-ring (bicyclic) bond motifs is 2. The maximum Gasteiger partial charge on any atom is -1.00 e. The number of aryl methyl sites for hydroxylation is 1. The van der Waals surface area contributed by atoms with E-state index in [-0.39, 0.29) is 30.2 Å². The summed E-state index contributed by atoms with van der Waals surface area (Å²) in [5.41, 5.74) is 13.8. The Morgan fingerprint density at radius 3 is 1.95 bits per heavy atom. The van der Waals surface area contributed by atoms with Crippen LogP contribution < -0.4 is 35.3 Å². The monoisotopic (exact) mass is 667 g/mol. The van der Waals surface area contributed by atoms with Crippen LogP contribution in [0.3, 0.4) is 0 Å². The molecule has 42 heavy (non-hydrogen) atoms. The summed E-state index contributed by atoms with van der Waals surface area (Å²) in [6, 6.07) is 29.6. The minimum atomic E-state index is -1.27. The zero-order valence-corrected chi connectivity index (χ0v) is 29.3. The molecule has 1 atom stereocenters. The fourth-order valence-corrected chi connectivity index (χ4v) is 11.2. The molecule has 0 saturated heterocycles. The average Bonchev–Trinajstić information content (AvgIpc) is 3.62. The van der Waals surface area contributed by atoms with E-state index in [2.05, 4.69) is 132 Å². The van der Waals surface area contributed by atoms with Gasteiger partial charge in [-0.3, -0.25) is 0 Å². The normalized spacial score (nSPS) is 18.6. The third-order valence-corrected chi connectivity index (χ3v) is 13.2. The van der Waals surface area contributed by atoms with Crippen molar-refractivity contribution < 1.29 is 47.6 Å². The fraction of sp³-hybridized carbons (Fsp3) is 0.256. The zero-order valence-electron chi connectivity index (χ0n) is 25.3. The average molecular weight is 670 g/mol. The van der Waals surface area contributed by atoms with Gasteiger partial charge in [-0.25, -0.2) is 0 Å². The Hall–Kier alpha value is -2.31. The Bertz CT molecular complexity index is 1730. The zero-order chi connectivity index (χ0) is 27.9. The van der Waals surface area contributed by atoms with Crippen LogP contribution in [-0.2, 0) is 22.8 Å². The van der Waals surface area contributed by atoms with Crippen molar-refractivity contribution in [3.05, 3.63) is 152 Å². The number of allylic oxidation sites excluding steroid dienone is 8. The van der Waals surface area contributed by atoms with Gasteiger partial charge in [-0.05, 0) is 0 Å². The molecule has 0 aliphatic heterocycles. The van der Waals surface area contributed by atoms with E-state index in [1.807, 2.05) is 0 Å². The third kappa shape index (κ3) is 5.43. The molecule has 0 saturated carbocycles. The Labute approximate surface area is 275 Å². The first kappa shape index (κ1) is 32.6. The second-order valence-corrected chi connectivity index (χ2v) is 14.5. The molecule has 0 bridgehead atoms. The molecule has 3 aliphatic carbocycles. The Morgan fingerprint density at radius 1 is 0.786 bits per heavy atom. The van der Waals surface area contributed by atoms with E-state index in [0.29, 0.717) is 0 Å². The van der Waals surface area contributed by atoms with Crippen LogP contribution in [0.25, 0.3) is 8.85 Å². The molecule has 213 valence electrons. The number of hydrogen-bond acceptors (Lipinski definition) is 0. The number of halogens is 2. The molecule has 3 heteroatoms. The van der Waals surface area contributed by atoms with Gasteiger partial charge in [-0.15, -0.1) is 0 Å². The molecule has 0 amide bonds. The summed E-state index contributed by atoms with van der Waals surface area (Å²) < 4.78 is 3.24. The van der Waals surface area contributed by atoms with Gasteiger partial charge in [0.2, 0.25) is 0 Å². The molecule has 0 heterocycles. The summed E-state index contributed by atoms with van der Waals surface area (Å²) in [6.07, 6.45) is 11.4. The molecule has 0 spiro atoms. The van der Waals surface area contributed by atoms with Crippen molar-refractivity contribution in [2.24, 2.45) is 5.41 Å². The largest absolute Gasteiger partial charge is 1.00 e. The molecule has 0 nitrogen and oxygen atoms in total. The van der Waals surface area contributed by atoms with Gasteiger partial charge >= 0.3 is 253 Å². The number of benzene rings is 3. The van der Waals surface area contributed by atoms with Crippen LogP contribution in [0.5, 0.6) is 0 Å². The Kier molecular flexibility index (Phi) is 10.5. The van der Waals surface area contributed by atoms with Gasteiger partial charge in [0.1, 0.15) is 0 Å². The van der Waals surface area contributed by atoms with Gasteiger partial charge in [0.25, 0.3) is 0 Å². The van der Waals surface area contributed by atoms with Crippen molar-refractivity contribution in [1.29, 1.82) is 0 Å². The second kappa shape index (κ2) is 13.6. The molecule has 0 fully saturated rings. The maximum absolute atomic E-state index is 2.55. The van der Waals surface area contributed by atoms with Crippen molar-refractivity contribution in [1.82, 2.24) is 0 Å². The van der Waals surface area contributed by atoms with E-state index in [1.165, 1.54) is 32.7 Å². The second-order valence-electron chi connectivity index (χ2n) is 11.5. The molecule has 1 unspecified atom stereocenters. The Balaban J connectivity index is 0.00000202. The van der Waals surface area contributed by atoms with E-state index in [9.17, 15) is 0 Å². The van der Waals surface area contributed by atoms with E-state index in [0.717, 1.165) is 25.7 Å². The van der Waals surface area contributed by atoms with Crippen LogP contribution >= 0.6 is 0 Å². The summed E-state index contributed by atoms with van der Waals surface area (Å²) in [7, 11) is 0. The van der Waals surface area contributed by atoms with Crippen LogP contribution in [-0.4, -0.2) is 3.21 Å². The minimum absolute atomic E-state index is 0. The van der Waals surface area contributed by atoms with E-state index in [4.69, 9.17) is 0 Å². The fourth-order valence-electron chi connectivity index (χ4n) is 7.26. The van der Waals surface area contributed by atoms with Gasteiger partial charge < -0.3 is 24.8 Å². The summed E-state index contributed by atoms with van der Waals surface area (Å²) in [4.78, 5) is 0. The van der Waals surface area contributed by atoms with Gasteiger partial charge in [0.05, 0.1) is 0 Å². The minimum Gasteiger partial charge on any atom is -1.00 e. The molecule has 0 N–H and O–H groups in total. The topological polar surface area (TPSA) is 0 Å². The third-order valence-electron chi connectivity index (χ3n) is 9.23. The summed E-state index contributed by atoms with van der Waals surface area (Å²) in [5.74, 6) is 0. The van der Waals surface area contributed by atoms with Gasteiger partial charge in [0.15, 0.2) is 0 Å². The summed E-state index contributed by atoms with van der Waals surface area (Å²) >= 11 is -1.27. The quantitative estimate of drug-likeness (QED) is 0.363. The van der Waals surface area contributed by atoms with E-state index < -0.39 is 22.8 Å². The molecule has 3 aromatic carbocycles. The first-order valence-corrected chi connectivity index (χ1v) is 17.4. The van der Waals surface area contributed by atoms with Crippen LogP contribution in [0.15, 0.2) is 125 Å². The summed E-state index contributed by atoms with van der Waals surface area (Å²) in [6.45, 7) is 12.0. The van der Waals surface area contributed by atoms with Crippen LogP contribution in [0.2, 0.25) is 0 Å². The molecule has 0 aromatic heterocycles. The first-order valence-electron chi connectivity index (χ1n) is 15.0. The predicted molar refractivity (Wildman–Crippen MR) is 168 cm³/mol. The van der Waals surface area contributed by atoms with Crippen LogP contribution in [0.1, 0.15) is 70.1 Å². The molecule has 6 rings (SSSR count). The van der Waals surface area contributed by atoms with E-state index in [1.54, 1.807) is 34.4 Å². The standard InChI is InChI=1S/C26H29.C13H10.2ClH.Zr/c1-6-20-23(7-2)26(5,8-3)25(18-11-9-10-12-18)22-16-19-15-17(4)13-14-21(19)24(20)22;1-3-7-12(8-4-1)11-13-9-5-2-6-10-13;;;/h9-11,13-15H,6-8,12H2,1-5H3;1-10H;2*1H;/q;;;;+2/p-2. The van der Waals surface area contributed by atoms with Gasteiger partial charge in [-0.1, -0.05) is 0 Å². The van der Waals surface area contributed by atoms with E-state index >= 15 is 0 Å². The molecule has 3 aliphatic rings. The van der Waals surface area contributed by atoms with Gasteiger partial charge in [0, 0.05) is 0 Å². The number of hydrogen-bond donors (Lipinski definition) is 0. The maximum atomic E-state index is 2.55. The SMILES string of the molecule is CCC1=C(CC)C(C)(CC)C(C2=CC=CC2)=C2[C]([Zr+2]=[C](c3ccccc3)c3ccccc3)=c3cc(C)ccc3=C12.[Cl-].[Cl-]. The summed E-state index contributed by atoms with van der Waals surface area (Å²) in [5, 5.41) is 2.98. The van der Waals surface area contributed by atoms with Crippen molar-refractivity contribution in [3.63, 3.8) is 0 Å². The van der Waals surface area contributed by atoms with Crippen molar-refractivity contribution >= 4 is 12.1 Å². The van der Waals surface area contributed by atoms with Gasteiger partial charge in [-0.2, -0.15) is 0 Å². The predicted octanol–water partition coefficient (Wildman–Crippen LogP) is 2.36. The molecular formula is C39H39Cl2Zr. The van der Waals surface area contributed by atoms with Crippen molar-refractivity contribution in [3.8, 4) is 0 Å². The van der Waals surface area contributed by atoms with Crippen LogP contribution in [0, 0.1) is 12.3 Å².